The highest BCUT2D eigenvalue weighted by Crippen LogP contribution is 2.30. The number of nitro benzene ring substituents is 1. The molecule has 0 aliphatic rings. The fourth-order valence-electron chi connectivity index (χ4n) is 2.69. The van der Waals surface area contributed by atoms with E-state index in [9.17, 15) is 10.1 Å². The van der Waals surface area contributed by atoms with Crippen LogP contribution < -0.4 is 0 Å². The molecule has 0 unspecified atom stereocenters. The number of rotatable bonds is 3. The van der Waals surface area contributed by atoms with Gasteiger partial charge in [-0.25, -0.2) is 15.0 Å². The lowest BCUT2D eigenvalue weighted by atomic mass is 10.1. The van der Waals surface area contributed by atoms with E-state index in [2.05, 4.69) is 4.98 Å². The number of para-hydroxylation sites is 2. The van der Waals surface area contributed by atoms with Crippen LogP contribution in [0, 0.1) is 10.1 Å². The summed E-state index contributed by atoms with van der Waals surface area (Å²) in [5.41, 5.74) is 3.60. The zero-order valence-corrected chi connectivity index (χ0v) is 13.3. The van der Waals surface area contributed by atoms with Crippen LogP contribution in [0.15, 0.2) is 60.9 Å². The van der Waals surface area contributed by atoms with Crippen LogP contribution >= 0.6 is 0 Å². The van der Waals surface area contributed by atoms with Crippen LogP contribution in [-0.2, 0) is 7.05 Å². The van der Waals surface area contributed by atoms with Gasteiger partial charge in [0.05, 0.1) is 16.0 Å². The van der Waals surface area contributed by atoms with Crippen molar-refractivity contribution in [1.82, 2.24) is 19.5 Å². The second-order valence-electron chi connectivity index (χ2n) is 5.58. The Labute approximate surface area is 142 Å². The smallest absolute Gasteiger partial charge is 0.269 e. The van der Waals surface area contributed by atoms with Gasteiger partial charge in [-0.05, 0) is 24.3 Å². The first kappa shape index (κ1) is 14.9. The molecule has 2 heterocycles. The van der Waals surface area contributed by atoms with Crippen molar-refractivity contribution in [2.24, 2.45) is 7.05 Å². The number of nitro groups is 1. The fourth-order valence-corrected chi connectivity index (χ4v) is 2.69. The first-order valence-electron chi connectivity index (χ1n) is 7.63. The van der Waals surface area contributed by atoms with Crippen LogP contribution in [-0.4, -0.2) is 24.4 Å². The summed E-state index contributed by atoms with van der Waals surface area (Å²) < 4.78 is 1.87. The van der Waals surface area contributed by atoms with Crippen molar-refractivity contribution in [2.45, 2.75) is 0 Å². The third-order valence-corrected chi connectivity index (χ3v) is 3.96. The standard InChI is InChI=1S/C18H13N5O2/c1-22-11-10-19-18(22)17-16(12-6-8-13(9-7-12)23(24)25)20-14-4-2-3-5-15(14)21-17/h2-11H,1H3. The molecule has 0 N–H and O–H groups in total. The highest BCUT2D eigenvalue weighted by atomic mass is 16.6. The van der Waals surface area contributed by atoms with Gasteiger partial charge in [0.15, 0.2) is 5.82 Å². The molecule has 0 fully saturated rings. The number of aryl methyl sites for hydroxylation is 1. The molecular formula is C18H13N5O2. The third kappa shape index (κ3) is 2.61. The molecule has 0 bridgehead atoms. The Morgan fingerprint density at radius 2 is 1.60 bits per heavy atom. The number of benzene rings is 2. The summed E-state index contributed by atoms with van der Waals surface area (Å²) in [5, 5.41) is 10.9. The second kappa shape index (κ2) is 5.79. The lowest BCUT2D eigenvalue weighted by Gasteiger charge is -2.10. The molecule has 0 saturated heterocycles. The Balaban J connectivity index is 1.97. The molecule has 7 nitrogen and oxygen atoms in total. The predicted molar refractivity (Wildman–Crippen MR) is 93.8 cm³/mol. The highest BCUT2D eigenvalue weighted by Gasteiger charge is 2.17. The van der Waals surface area contributed by atoms with Gasteiger partial charge in [0.25, 0.3) is 5.69 Å². The molecule has 0 radical (unpaired) electrons. The van der Waals surface area contributed by atoms with E-state index < -0.39 is 4.92 Å². The first-order chi connectivity index (χ1) is 12.1. The number of fused-ring (bicyclic) bond motifs is 1. The molecule has 0 spiro atoms. The average molecular weight is 331 g/mol. The molecule has 25 heavy (non-hydrogen) atoms. The second-order valence-corrected chi connectivity index (χ2v) is 5.58. The molecule has 2 aromatic heterocycles. The summed E-state index contributed by atoms with van der Waals surface area (Å²) in [6.45, 7) is 0. The number of hydrogen-bond acceptors (Lipinski definition) is 5. The van der Waals surface area contributed by atoms with E-state index in [0.717, 1.165) is 16.6 Å². The SMILES string of the molecule is Cn1ccnc1-c1nc2ccccc2nc1-c1ccc([N+](=O)[O-])cc1. The van der Waals surface area contributed by atoms with Crippen molar-refractivity contribution in [3.05, 3.63) is 71.0 Å². The van der Waals surface area contributed by atoms with E-state index >= 15 is 0 Å². The fraction of sp³-hybridized carbons (Fsp3) is 0.0556. The van der Waals surface area contributed by atoms with Gasteiger partial charge in [-0.3, -0.25) is 10.1 Å². The maximum absolute atomic E-state index is 10.9. The largest absolute Gasteiger partial charge is 0.333 e. The van der Waals surface area contributed by atoms with Crippen molar-refractivity contribution < 1.29 is 4.92 Å². The van der Waals surface area contributed by atoms with Gasteiger partial charge in [-0.2, -0.15) is 0 Å². The number of non-ortho nitro benzene ring substituents is 1. The van der Waals surface area contributed by atoms with Crippen molar-refractivity contribution in [3.63, 3.8) is 0 Å². The minimum atomic E-state index is -0.421. The topological polar surface area (TPSA) is 86.7 Å². The van der Waals surface area contributed by atoms with Crippen LogP contribution in [0.2, 0.25) is 0 Å². The Morgan fingerprint density at radius 1 is 0.960 bits per heavy atom. The van der Waals surface area contributed by atoms with Crippen molar-refractivity contribution in [1.29, 1.82) is 0 Å². The molecule has 2 aromatic carbocycles. The van der Waals surface area contributed by atoms with E-state index in [4.69, 9.17) is 9.97 Å². The first-order valence-corrected chi connectivity index (χ1v) is 7.63. The third-order valence-electron chi connectivity index (χ3n) is 3.96. The Hall–Kier alpha value is -3.61. The van der Waals surface area contributed by atoms with E-state index in [-0.39, 0.29) is 5.69 Å². The van der Waals surface area contributed by atoms with Gasteiger partial charge in [-0.1, -0.05) is 12.1 Å². The van der Waals surface area contributed by atoms with E-state index in [1.165, 1.54) is 12.1 Å². The maximum atomic E-state index is 10.9. The van der Waals surface area contributed by atoms with Crippen LogP contribution in [0.3, 0.4) is 0 Å². The quantitative estimate of drug-likeness (QED) is 0.423. The van der Waals surface area contributed by atoms with Crippen LogP contribution in [0.1, 0.15) is 0 Å². The minimum absolute atomic E-state index is 0.0380. The van der Waals surface area contributed by atoms with Gasteiger partial charge >= 0.3 is 0 Å². The van der Waals surface area contributed by atoms with Crippen molar-refractivity contribution in [2.75, 3.05) is 0 Å². The summed E-state index contributed by atoms with van der Waals surface area (Å²) in [7, 11) is 1.89. The number of nitrogens with zero attached hydrogens (tertiary/aromatic N) is 5. The molecule has 0 aliphatic heterocycles. The minimum Gasteiger partial charge on any atom is -0.333 e. The summed E-state index contributed by atoms with van der Waals surface area (Å²) in [6.07, 6.45) is 3.54. The van der Waals surface area contributed by atoms with E-state index in [1.807, 2.05) is 42.1 Å². The molecular weight excluding hydrogens is 318 g/mol. The average Bonchev–Trinajstić information content (AvgIpc) is 3.06. The zero-order chi connectivity index (χ0) is 17.4. The summed E-state index contributed by atoms with van der Waals surface area (Å²) in [5.74, 6) is 0.687. The summed E-state index contributed by atoms with van der Waals surface area (Å²) in [6, 6.07) is 13.9. The van der Waals surface area contributed by atoms with Gasteiger partial charge in [0.2, 0.25) is 0 Å². The molecule has 122 valence electrons. The number of aromatic nitrogens is 4. The number of imidazole rings is 1. The van der Waals surface area contributed by atoms with Crippen molar-refractivity contribution >= 4 is 16.7 Å². The number of hydrogen-bond donors (Lipinski definition) is 0. The van der Waals surface area contributed by atoms with Crippen LogP contribution in [0.5, 0.6) is 0 Å². The molecule has 0 aliphatic carbocycles. The van der Waals surface area contributed by atoms with E-state index in [1.54, 1.807) is 18.3 Å². The molecule has 0 saturated carbocycles. The Bertz CT molecular complexity index is 1090. The maximum Gasteiger partial charge on any atom is 0.269 e. The van der Waals surface area contributed by atoms with Gasteiger partial charge in [-0.15, -0.1) is 0 Å². The molecule has 4 aromatic rings. The molecule has 0 amide bonds. The van der Waals surface area contributed by atoms with Gasteiger partial charge < -0.3 is 4.57 Å². The normalized spacial score (nSPS) is 10.9. The molecule has 7 heteroatoms. The predicted octanol–water partition coefficient (Wildman–Crippen LogP) is 3.61. The highest BCUT2D eigenvalue weighted by molar-refractivity contribution is 5.84. The lowest BCUT2D eigenvalue weighted by molar-refractivity contribution is -0.384. The van der Waals surface area contributed by atoms with Crippen LogP contribution in [0.25, 0.3) is 33.8 Å². The lowest BCUT2D eigenvalue weighted by Crippen LogP contribution is -2.00. The summed E-state index contributed by atoms with van der Waals surface area (Å²) in [4.78, 5) is 24.3. The monoisotopic (exact) mass is 331 g/mol. The molecule has 0 atom stereocenters. The summed E-state index contributed by atoms with van der Waals surface area (Å²) >= 11 is 0. The van der Waals surface area contributed by atoms with Crippen LogP contribution in [0.4, 0.5) is 5.69 Å². The van der Waals surface area contributed by atoms with E-state index in [0.29, 0.717) is 17.2 Å². The Kier molecular flexibility index (Phi) is 3.46. The van der Waals surface area contributed by atoms with Gasteiger partial charge in [0, 0.05) is 37.1 Å². The van der Waals surface area contributed by atoms with Crippen molar-refractivity contribution in [3.8, 4) is 22.8 Å². The Morgan fingerprint density at radius 3 is 2.16 bits per heavy atom. The van der Waals surface area contributed by atoms with Gasteiger partial charge in [0.1, 0.15) is 11.4 Å². The zero-order valence-electron chi connectivity index (χ0n) is 13.3. The molecule has 4 rings (SSSR count).